The molecule has 20 heavy (non-hydrogen) atoms. The van der Waals surface area contributed by atoms with Crippen molar-refractivity contribution in [3.63, 3.8) is 0 Å². The van der Waals surface area contributed by atoms with Crippen LogP contribution in [0.15, 0.2) is 59.4 Å². The van der Waals surface area contributed by atoms with Crippen molar-refractivity contribution >= 4 is 5.97 Å². The Bertz CT molecular complexity index is 714. The summed E-state index contributed by atoms with van der Waals surface area (Å²) in [6.07, 6.45) is 0. The van der Waals surface area contributed by atoms with Gasteiger partial charge in [-0.15, -0.1) is 0 Å². The zero-order chi connectivity index (χ0) is 14.7. The summed E-state index contributed by atoms with van der Waals surface area (Å²) in [6, 6.07) is 12.4. The molecule has 0 unspecified atom stereocenters. The van der Waals surface area contributed by atoms with E-state index in [0.717, 1.165) is 11.1 Å². The van der Waals surface area contributed by atoms with Crippen LogP contribution in [0.2, 0.25) is 0 Å². The Labute approximate surface area is 116 Å². The highest BCUT2D eigenvalue weighted by atomic mass is 16.4. The van der Waals surface area contributed by atoms with E-state index in [9.17, 15) is 9.59 Å². The van der Waals surface area contributed by atoms with Gasteiger partial charge < -0.3 is 9.67 Å². The number of nitrogens with zero attached hydrogens (tertiary/aromatic N) is 1. The molecule has 2 rings (SSSR count). The lowest BCUT2D eigenvalue weighted by molar-refractivity contribution is 0.0694. The minimum atomic E-state index is -1.22. The molecule has 2 aromatic rings. The quantitative estimate of drug-likeness (QED) is 0.868. The molecule has 102 valence electrons. The van der Waals surface area contributed by atoms with Crippen LogP contribution in [-0.2, 0) is 6.54 Å². The monoisotopic (exact) mass is 269 g/mol. The van der Waals surface area contributed by atoms with E-state index in [1.165, 1.54) is 10.6 Å². The molecule has 0 saturated carbocycles. The predicted molar refractivity (Wildman–Crippen MR) is 77.9 cm³/mol. The molecule has 1 aromatic carbocycles. The predicted octanol–water partition coefficient (Wildman–Crippen LogP) is 2.79. The lowest BCUT2D eigenvalue weighted by atomic mass is 10.1. The van der Waals surface area contributed by atoms with Crippen molar-refractivity contribution in [1.29, 1.82) is 0 Å². The summed E-state index contributed by atoms with van der Waals surface area (Å²) in [6.45, 7) is 5.89. The third-order valence-corrected chi connectivity index (χ3v) is 2.90. The van der Waals surface area contributed by atoms with Gasteiger partial charge in [0.15, 0.2) is 0 Å². The molecule has 0 aliphatic rings. The molecule has 0 spiro atoms. The van der Waals surface area contributed by atoms with E-state index in [2.05, 4.69) is 6.58 Å². The van der Waals surface area contributed by atoms with Gasteiger partial charge in [0.1, 0.15) is 5.56 Å². The third-order valence-electron chi connectivity index (χ3n) is 2.90. The molecule has 0 aliphatic heterocycles. The minimum absolute atomic E-state index is 0.231. The molecule has 4 heteroatoms. The number of carboxylic acid groups (broad SMARTS) is 1. The van der Waals surface area contributed by atoms with Gasteiger partial charge in [0.25, 0.3) is 5.56 Å². The zero-order valence-electron chi connectivity index (χ0n) is 11.2. The van der Waals surface area contributed by atoms with Crippen LogP contribution >= 0.6 is 0 Å². The van der Waals surface area contributed by atoms with Gasteiger partial charge in [-0.1, -0.05) is 42.5 Å². The highest BCUT2D eigenvalue weighted by Gasteiger charge is 2.14. The van der Waals surface area contributed by atoms with Gasteiger partial charge in [-0.25, -0.2) is 4.79 Å². The van der Waals surface area contributed by atoms with Gasteiger partial charge in [-0.3, -0.25) is 4.79 Å². The molecule has 1 N–H and O–H groups in total. The Kier molecular flexibility index (Phi) is 3.84. The van der Waals surface area contributed by atoms with E-state index in [0.29, 0.717) is 12.2 Å². The van der Waals surface area contributed by atoms with E-state index in [1.807, 2.05) is 30.3 Å². The number of allylic oxidation sites excluding steroid dienone is 1. The highest BCUT2D eigenvalue weighted by Crippen LogP contribution is 2.18. The molecule has 0 atom stereocenters. The maximum Gasteiger partial charge on any atom is 0.341 e. The second-order valence-electron chi connectivity index (χ2n) is 4.65. The summed E-state index contributed by atoms with van der Waals surface area (Å²) >= 11 is 0. The first-order valence-electron chi connectivity index (χ1n) is 6.17. The summed E-state index contributed by atoms with van der Waals surface area (Å²) in [5.41, 5.74) is 1.59. The van der Waals surface area contributed by atoms with E-state index >= 15 is 0 Å². The standard InChI is InChI=1S/C16H15NO3/c1-11(2)10-17-14(12-6-4-3-5-7-12)9-8-13(15(17)18)16(19)20/h3-9H,1,10H2,2H3,(H,19,20). The number of aromatic nitrogens is 1. The van der Waals surface area contributed by atoms with Crippen LogP contribution in [0, 0.1) is 0 Å². The van der Waals surface area contributed by atoms with Crippen LogP contribution in [0.4, 0.5) is 0 Å². The van der Waals surface area contributed by atoms with Crippen molar-refractivity contribution in [2.24, 2.45) is 0 Å². The van der Waals surface area contributed by atoms with E-state index in [1.54, 1.807) is 13.0 Å². The lowest BCUT2D eigenvalue weighted by Crippen LogP contribution is -2.27. The Hall–Kier alpha value is -2.62. The lowest BCUT2D eigenvalue weighted by Gasteiger charge is -2.14. The molecule has 0 saturated heterocycles. The van der Waals surface area contributed by atoms with Gasteiger partial charge in [0, 0.05) is 6.54 Å². The van der Waals surface area contributed by atoms with Gasteiger partial charge in [0.2, 0.25) is 0 Å². The second kappa shape index (κ2) is 5.57. The van der Waals surface area contributed by atoms with Gasteiger partial charge in [-0.2, -0.15) is 0 Å². The fourth-order valence-electron chi connectivity index (χ4n) is 2.03. The Morgan fingerprint density at radius 2 is 1.85 bits per heavy atom. The van der Waals surface area contributed by atoms with Crippen LogP contribution in [0.5, 0.6) is 0 Å². The molecule has 0 amide bonds. The Balaban J connectivity index is 2.69. The number of hydrogen-bond donors (Lipinski definition) is 1. The maximum absolute atomic E-state index is 12.3. The highest BCUT2D eigenvalue weighted by molar-refractivity contribution is 5.87. The van der Waals surface area contributed by atoms with E-state index in [-0.39, 0.29) is 5.56 Å². The van der Waals surface area contributed by atoms with Gasteiger partial charge in [0.05, 0.1) is 5.69 Å². The average molecular weight is 269 g/mol. The number of carboxylic acids is 1. The molecule has 1 heterocycles. The molecule has 0 bridgehead atoms. The fraction of sp³-hybridized carbons (Fsp3) is 0.125. The molecular formula is C16H15NO3. The fourth-order valence-corrected chi connectivity index (χ4v) is 2.03. The number of carbonyl (C=O) groups is 1. The van der Waals surface area contributed by atoms with Crippen molar-refractivity contribution in [3.8, 4) is 11.3 Å². The number of rotatable bonds is 4. The van der Waals surface area contributed by atoms with Crippen molar-refractivity contribution < 1.29 is 9.90 Å². The average Bonchev–Trinajstić information content (AvgIpc) is 2.41. The number of benzene rings is 1. The first kappa shape index (κ1) is 13.8. The summed E-state index contributed by atoms with van der Waals surface area (Å²) in [7, 11) is 0. The molecule has 0 radical (unpaired) electrons. The van der Waals surface area contributed by atoms with Crippen LogP contribution < -0.4 is 5.56 Å². The summed E-state index contributed by atoms with van der Waals surface area (Å²) < 4.78 is 1.45. The topological polar surface area (TPSA) is 59.3 Å². The van der Waals surface area contributed by atoms with Crippen molar-refractivity contribution in [1.82, 2.24) is 4.57 Å². The number of aromatic carboxylic acids is 1. The van der Waals surface area contributed by atoms with Crippen LogP contribution in [-0.4, -0.2) is 15.6 Å². The molecule has 1 aromatic heterocycles. The van der Waals surface area contributed by atoms with Crippen LogP contribution in [0.25, 0.3) is 11.3 Å². The molecule has 0 fully saturated rings. The summed E-state index contributed by atoms with van der Waals surface area (Å²) in [5.74, 6) is -1.22. The zero-order valence-corrected chi connectivity index (χ0v) is 11.2. The van der Waals surface area contributed by atoms with Gasteiger partial charge >= 0.3 is 5.97 Å². The van der Waals surface area contributed by atoms with E-state index < -0.39 is 11.5 Å². The minimum Gasteiger partial charge on any atom is -0.477 e. The number of pyridine rings is 1. The first-order chi connectivity index (χ1) is 9.50. The normalized spacial score (nSPS) is 10.2. The van der Waals surface area contributed by atoms with Crippen molar-refractivity contribution in [2.45, 2.75) is 13.5 Å². The number of hydrogen-bond acceptors (Lipinski definition) is 2. The third kappa shape index (κ3) is 2.69. The van der Waals surface area contributed by atoms with E-state index in [4.69, 9.17) is 5.11 Å². The Morgan fingerprint density at radius 1 is 1.20 bits per heavy atom. The summed E-state index contributed by atoms with van der Waals surface area (Å²) in [4.78, 5) is 23.4. The molecule has 4 nitrogen and oxygen atoms in total. The van der Waals surface area contributed by atoms with Crippen molar-refractivity contribution in [2.75, 3.05) is 0 Å². The largest absolute Gasteiger partial charge is 0.477 e. The van der Waals surface area contributed by atoms with Crippen molar-refractivity contribution in [3.05, 3.63) is 70.5 Å². The molecular weight excluding hydrogens is 254 g/mol. The maximum atomic E-state index is 12.3. The summed E-state index contributed by atoms with van der Waals surface area (Å²) in [5, 5.41) is 9.05. The van der Waals surface area contributed by atoms with Crippen LogP contribution in [0.3, 0.4) is 0 Å². The first-order valence-corrected chi connectivity index (χ1v) is 6.17. The van der Waals surface area contributed by atoms with Gasteiger partial charge in [-0.05, 0) is 24.6 Å². The SMILES string of the molecule is C=C(C)Cn1c(-c2ccccc2)ccc(C(=O)O)c1=O. The Morgan fingerprint density at radius 3 is 2.40 bits per heavy atom. The second-order valence-corrected chi connectivity index (χ2v) is 4.65. The molecule has 0 aliphatic carbocycles. The van der Waals surface area contributed by atoms with Crippen LogP contribution in [0.1, 0.15) is 17.3 Å². The smallest absolute Gasteiger partial charge is 0.341 e.